The van der Waals surface area contributed by atoms with E-state index in [-0.39, 0.29) is 5.91 Å². The van der Waals surface area contributed by atoms with Crippen LogP contribution in [0.5, 0.6) is 0 Å². The van der Waals surface area contributed by atoms with Crippen molar-refractivity contribution in [2.75, 3.05) is 12.4 Å². The summed E-state index contributed by atoms with van der Waals surface area (Å²) in [5.74, 6) is -0.247. The minimum atomic E-state index is -0.437. The molecule has 0 aliphatic carbocycles. The van der Waals surface area contributed by atoms with Crippen LogP contribution in [0, 0.1) is 6.92 Å². The first-order valence-electron chi connectivity index (χ1n) is 7.41. The number of hydrogen-bond donors (Lipinski definition) is 1. The highest BCUT2D eigenvalue weighted by Crippen LogP contribution is 2.21. The lowest BCUT2D eigenvalue weighted by molar-refractivity contribution is 0.0600. The second kappa shape index (κ2) is 6.16. The first kappa shape index (κ1) is 15.7. The van der Waals surface area contributed by atoms with E-state index >= 15 is 0 Å². The van der Waals surface area contributed by atoms with Crippen molar-refractivity contribution in [1.82, 2.24) is 9.55 Å². The number of nitrogens with zero attached hydrogens (tertiary/aromatic N) is 2. The number of amides is 1. The molecule has 3 rings (SSSR count). The van der Waals surface area contributed by atoms with E-state index in [1.54, 1.807) is 30.5 Å². The molecule has 0 atom stereocenters. The molecule has 6 nitrogen and oxygen atoms in total. The van der Waals surface area contributed by atoms with Gasteiger partial charge in [-0.1, -0.05) is 0 Å². The molecular formula is C18H17N3O3. The van der Waals surface area contributed by atoms with E-state index in [1.165, 1.54) is 7.11 Å². The zero-order chi connectivity index (χ0) is 17.3. The maximum Gasteiger partial charge on any atom is 0.337 e. The lowest BCUT2D eigenvalue weighted by atomic mass is 10.1. The van der Waals surface area contributed by atoms with Crippen molar-refractivity contribution < 1.29 is 14.3 Å². The summed E-state index contributed by atoms with van der Waals surface area (Å²) in [4.78, 5) is 28.0. The number of esters is 1. The molecule has 0 saturated heterocycles. The lowest BCUT2D eigenvalue weighted by Crippen LogP contribution is -2.13. The van der Waals surface area contributed by atoms with E-state index in [4.69, 9.17) is 0 Å². The molecule has 3 aromatic rings. The van der Waals surface area contributed by atoms with Crippen LogP contribution in [-0.4, -0.2) is 28.5 Å². The van der Waals surface area contributed by atoms with Gasteiger partial charge in [0.15, 0.2) is 0 Å². The number of aromatic nitrogens is 2. The Balaban J connectivity index is 1.81. The van der Waals surface area contributed by atoms with E-state index in [1.807, 2.05) is 30.8 Å². The summed E-state index contributed by atoms with van der Waals surface area (Å²) in [6.45, 7) is 2.02. The zero-order valence-electron chi connectivity index (χ0n) is 13.7. The Kier molecular flexibility index (Phi) is 4.04. The van der Waals surface area contributed by atoms with Gasteiger partial charge in [0, 0.05) is 36.5 Å². The van der Waals surface area contributed by atoms with Crippen molar-refractivity contribution in [3.8, 4) is 0 Å². The van der Waals surface area contributed by atoms with E-state index in [9.17, 15) is 9.59 Å². The van der Waals surface area contributed by atoms with E-state index in [0.29, 0.717) is 16.9 Å². The lowest BCUT2D eigenvalue weighted by Gasteiger charge is -2.06. The molecule has 6 heteroatoms. The summed E-state index contributed by atoms with van der Waals surface area (Å²) >= 11 is 0. The van der Waals surface area contributed by atoms with Gasteiger partial charge in [-0.15, -0.1) is 0 Å². The van der Waals surface area contributed by atoms with Crippen LogP contribution in [0.1, 0.15) is 26.3 Å². The quantitative estimate of drug-likeness (QED) is 0.752. The van der Waals surface area contributed by atoms with Crippen molar-refractivity contribution in [3.63, 3.8) is 0 Å². The molecule has 0 radical (unpaired) electrons. The number of fused-ring (bicyclic) bond motifs is 1. The van der Waals surface area contributed by atoms with Crippen LogP contribution in [-0.2, 0) is 11.8 Å². The highest BCUT2D eigenvalue weighted by Gasteiger charge is 2.11. The molecule has 0 spiro atoms. The fourth-order valence-electron chi connectivity index (χ4n) is 2.60. The smallest absolute Gasteiger partial charge is 0.337 e. The number of nitrogens with one attached hydrogen (secondary N) is 1. The number of pyridine rings is 1. The normalized spacial score (nSPS) is 10.6. The number of rotatable bonds is 3. The molecule has 1 N–H and O–H groups in total. The Bertz CT molecular complexity index is 927. The summed E-state index contributed by atoms with van der Waals surface area (Å²) < 4.78 is 6.63. The van der Waals surface area contributed by atoms with E-state index < -0.39 is 5.97 Å². The SMILES string of the molecule is COC(=O)c1ccc(C(=O)Nc2cc3c(cn2)c(C)cn3C)cc1. The summed E-state index contributed by atoms with van der Waals surface area (Å²) in [5, 5.41) is 3.82. The summed E-state index contributed by atoms with van der Waals surface area (Å²) in [6, 6.07) is 8.10. The van der Waals surface area contributed by atoms with Gasteiger partial charge in [0.1, 0.15) is 5.82 Å². The maximum absolute atomic E-state index is 12.3. The molecule has 2 aromatic heterocycles. The molecule has 122 valence electrons. The highest BCUT2D eigenvalue weighted by molar-refractivity contribution is 6.05. The minimum Gasteiger partial charge on any atom is -0.465 e. The number of benzene rings is 1. The molecule has 1 amide bonds. The third kappa shape index (κ3) is 2.86. The van der Waals surface area contributed by atoms with Gasteiger partial charge in [-0.2, -0.15) is 0 Å². The van der Waals surface area contributed by atoms with E-state index in [2.05, 4.69) is 15.0 Å². The number of carbonyl (C=O) groups excluding carboxylic acids is 2. The average Bonchev–Trinajstić information content (AvgIpc) is 2.88. The van der Waals surface area contributed by atoms with Gasteiger partial charge in [0.2, 0.25) is 0 Å². The van der Waals surface area contributed by atoms with Crippen molar-refractivity contribution in [2.24, 2.45) is 7.05 Å². The monoisotopic (exact) mass is 323 g/mol. The number of anilines is 1. The Morgan fingerprint density at radius 3 is 2.50 bits per heavy atom. The van der Waals surface area contributed by atoms with Crippen LogP contribution < -0.4 is 5.32 Å². The molecule has 1 aromatic carbocycles. The maximum atomic E-state index is 12.3. The van der Waals surface area contributed by atoms with Gasteiger partial charge in [-0.25, -0.2) is 9.78 Å². The number of carbonyl (C=O) groups is 2. The number of ether oxygens (including phenoxy) is 1. The Morgan fingerprint density at radius 1 is 1.17 bits per heavy atom. The fourth-order valence-corrected chi connectivity index (χ4v) is 2.60. The first-order chi connectivity index (χ1) is 11.5. The van der Waals surface area contributed by atoms with Crippen LogP contribution in [0.4, 0.5) is 5.82 Å². The second-order valence-electron chi connectivity index (χ2n) is 5.53. The molecule has 0 aliphatic heterocycles. The van der Waals surface area contributed by atoms with Crippen molar-refractivity contribution in [3.05, 3.63) is 59.4 Å². The van der Waals surface area contributed by atoms with Crippen molar-refractivity contribution in [1.29, 1.82) is 0 Å². The topological polar surface area (TPSA) is 73.2 Å². The van der Waals surface area contributed by atoms with Gasteiger partial charge in [0.05, 0.1) is 18.2 Å². The van der Waals surface area contributed by atoms with Gasteiger partial charge >= 0.3 is 5.97 Å². The third-order valence-electron chi connectivity index (χ3n) is 3.88. The second-order valence-corrected chi connectivity index (χ2v) is 5.53. The zero-order valence-corrected chi connectivity index (χ0v) is 13.7. The van der Waals surface area contributed by atoms with Gasteiger partial charge in [-0.3, -0.25) is 4.79 Å². The number of hydrogen-bond acceptors (Lipinski definition) is 4. The molecule has 24 heavy (non-hydrogen) atoms. The largest absolute Gasteiger partial charge is 0.465 e. The molecule has 0 saturated carbocycles. The molecule has 0 unspecified atom stereocenters. The standard InChI is InChI=1S/C18H17N3O3/c1-11-10-21(2)15-8-16(19-9-14(11)15)20-17(22)12-4-6-13(7-5-12)18(23)24-3/h4-10H,1-3H3,(H,19,20,22). The molecule has 2 heterocycles. The van der Waals surface area contributed by atoms with E-state index in [0.717, 1.165) is 16.5 Å². The van der Waals surface area contributed by atoms with Gasteiger partial charge < -0.3 is 14.6 Å². The van der Waals surface area contributed by atoms with Crippen LogP contribution in [0.3, 0.4) is 0 Å². The molecule has 0 aliphatic rings. The fraction of sp³-hybridized carbons (Fsp3) is 0.167. The highest BCUT2D eigenvalue weighted by atomic mass is 16.5. The summed E-state index contributed by atoms with van der Waals surface area (Å²) in [7, 11) is 3.27. The van der Waals surface area contributed by atoms with Crippen LogP contribution >= 0.6 is 0 Å². The Hall–Kier alpha value is -3.15. The van der Waals surface area contributed by atoms with Crippen LogP contribution in [0.15, 0.2) is 42.7 Å². The summed E-state index contributed by atoms with van der Waals surface area (Å²) in [5.41, 5.74) is 2.97. The predicted molar refractivity (Wildman–Crippen MR) is 91.2 cm³/mol. The minimum absolute atomic E-state index is 0.288. The predicted octanol–water partition coefficient (Wildman–Crippen LogP) is 2.92. The third-order valence-corrected chi connectivity index (χ3v) is 3.88. The average molecular weight is 323 g/mol. The van der Waals surface area contributed by atoms with Crippen molar-refractivity contribution in [2.45, 2.75) is 6.92 Å². The van der Waals surface area contributed by atoms with Crippen molar-refractivity contribution >= 4 is 28.6 Å². The van der Waals surface area contributed by atoms with Crippen LogP contribution in [0.2, 0.25) is 0 Å². The number of aryl methyl sites for hydroxylation is 2. The Morgan fingerprint density at radius 2 is 1.83 bits per heavy atom. The molecule has 0 fully saturated rings. The molecular weight excluding hydrogens is 306 g/mol. The van der Waals surface area contributed by atoms with Gasteiger partial charge in [-0.05, 0) is 36.8 Å². The molecule has 0 bridgehead atoms. The first-order valence-corrected chi connectivity index (χ1v) is 7.41. The van der Waals surface area contributed by atoms with Gasteiger partial charge in [0.25, 0.3) is 5.91 Å². The van der Waals surface area contributed by atoms with Crippen LogP contribution in [0.25, 0.3) is 10.9 Å². The Labute approximate surface area is 139 Å². The summed E-state index contributed by atoms with van der Waals surface area (Å²) in [6.07, 6.45) is 3.77. The number of methoxy groups -OCH3 is 1.